The number of hydrogen-bond acceptors (Lipinski definition) is 5. The number of anilines is 1. The zero-order valence-corrected chi connectivity index (χ0v) is 14.1. The molecule has 1 aromatic carbocycles. The number of nitrogens with zero attached hydrogens (tertiary/aromatic N) is 3. The molecule has 0 amide bonds. The highest BCUT2D eigenvalue weighted by Gasteiger charge is 2.30. The minimum atomic E-state index is -0.197. The van der Waals surface area contributed by atoms with Gasteiger partial charge in [0.25, 0.3) is 0 Å². The van der Waals surface area contributed by atoms with Crippen LogP contribution in [0.1, 0.15) is 29.5 Å². The number of aryl methyl sites for hydroxylation is 1. The molecule has 3 rings (SSSR count). The molecule has 1 aliphatic heterocycles. The predicted octanol–water partition coefficient (Wildman–Crippen LogP) is 2.93. The van der Waals surface area contributed by atoms with Crippen LogP contribution in [-0.4, -0.2) is 41.7 Å². The van der Waals surface area contributed by atoms with Crippen molar-refractivity contribution in [3.05, 3.63) is 53.2 Å². The van der Waals surface area contributed by atoms with E-state index in [2.05, 4.69) is 20.2 Å². The van der Waals surface area contributed by atoms with Gasteiger partial charge in [0.2, 0.25) is 0 Å². The molecule has 0 spiro atoms. The van der Waals surface area contributed by atoms with Crippen molar-refractivity contribution >= 4 is 5.82 Å². The average Bonchev–Trinajstić information content (AvgIpc) is 2.53. The van der Waals surface area contributed by atoms with E-state index in [9.17, 15) is 4.39 Å². The first kappa shape index (κ1) is 16.8. The van der Waals surface area contributed by atoms with Crippen LogP contribution < -0.4 is 5.32 Å². The van der Waals surface area contributed by atoms with E-state index in [-0.39, 0.29) is 5.82 Å². The number of rotatable bonds is 7. The van der Waals surface area contributed by atoms with Gasteiger partial charge in [0, 0.05) is 32.8 Å². The van der Waals surface area contributed by atoms with Gasteiger partial charge in [-0.1, -0.05) is 12.1 Å². The van der Waals surface area contributed by atoms with Crippen LogP contribution in [0.5, 0.6) is 0 Å². The van der Waals surface area contributed by atoms with Crippen LogP contribution >= 0.6 is 0 Å². The Bertz CT molecular complexity index is 677. The molecule has 5 nitrogen and oxygen atoms in total. The number of ether oxygens (including phenoxy) is 1. The summed E-state index contributed by atoms with van der Waals surface area (Å²) in [5.74, 6) is 1.40. The van der Waals surface area contributed by atoms with Crippen molar-refractivity contribution in [1.82, 2.24) is 14.9 Å². The zero-order chi connectivity index (χ0) is 16.9. The Balaban J connectivity index is 1.68. The molecule has 0 bridgehead atoms. The van der Waals surface area contributed by atoms with Crippen molar-refractivity contribution < 1.29 is 9.13 Å². The maximum absolute atomic E-state index is 13.0. The SMILES string of the molecule is COCCNc1cc(C2CCN2Cc2ccc(F)cc2)nc(C)n1. The van der Waals surface area contributed by atoms with Crippen LogP contribution in [0.25, 0.3) is 0 Å². The van der Waals surface area contributed by atoms with E-state index in [4.69, 9.17) is 4.74 Å². The van der Waals surface area contributed by atoms with Crippen molar-refractivity contribution in [3.8, 4) is 0 Å². The lowest BCUT2D eigenvalue weighted by Gasteiger charge is -2.40. The first-order valence-electron chi connectivity index (χ1n) is 8.22. The van der Waals surface area contributed by atoms with Crippen molar-refractivity contribution in [2.75, 3.05) is 32.1 Å². The summed E-state index contributed by atoms with van der Waals surface area (Å²) < 4.78 is 18.1. The van der Waals surface area contributed by atoms with Crippen LogP contribution in [-0.2, 0) is 11.3 Å². The molecular weight excluding hydrogens is 307 g/mol. The summed E-state index contributed by atoms with van der Waals surface area (Å²) in [4.78, 5) is 11.4. The fourth-order valence-corrected chi connectivity index (χ4v) is 2.92. The van der Waals surface area contributed by atoms with Crippen LogP contribution in [0, 0.1) is 12.7 Å². The fraction of sp³-hybridized carbons (Fsp3) is 0.444. The zero-order valence-electron chi connectivity index (χ0n) is 14.1. The molecule has 1 aromatic heterocycles. The van der Waals surface area contributed by atoms with Crippen LogP contribution in [0.15, 0.2) is 30.3 Å². The van der Waals surface area contributed by atoms with Crippen molar-refractivity contribution in [3.63, 3.8) is 0 Å². The van der Waals surface area contributed by atoms with E-state index in [1.54, 1.807) is 7.11 Å². The Morgan fingerprint density at radius 3 is 2.75 bits per heavy atom. The topological polar surface area (TPSA) is 50.3 Å². The van der Waals surface area contributed by atoms with E-state index in [0.717, 1.165) is 49.0 Å². The standard InChI is InChI=1S/C18H23FN4O/c1-13-21-16(11-18(22-13)20-8-10-24-2)17-7-9-23(17)12-14-3-5-15(19)6-4-14/h3-6,11,17H,7-10,12H2,1-2H3,(H,20,21,22). The van der Waals surface area contributed by atoms with Gasteiger partial charge in [0.1, 0.15) is 17.5 Å². The lowest BCUT2D eigenvalue weighted by molar-refractivity contribution is 0.0785. The third-order valence-corrected chi connectivity index (χ3v) is 4.24. The minimum Gasteiger partial charge on any atom is -0.383 e. The Morgan fingerprint density at radius 2 is 2.08 bits per heavy atom. The number of methoxy groups -OCH3 is 1. The molecule has 1 saturated heterocycles. The highest BCUT2D eigenvalue weighted by atomic mass is 19.1. The smallest absolute Gasteiger partial charge is 0.130 e. The van der Waals surface area contributed by atoms with Gasteiger partial charge >= 0.3 is 0 Å². The Kier molecular flexibility index (Phi) is 5.37. The third-order valence-electron chi connectivity index (χ3n) is 4.24. The van der Waals surface area contributed by atoms with Crippen LogP contribution in [0.4, 0.5) is 10.2 Å². The van der Waals surface area contributed by atoms with Gasteiger partial charge in [-0.3, -0.25) is 4.90 Å². The second-order valence-corrected chi connectivity index (χ2v) is 6.05. The minimum absolute atomic E-state index is 0.197. The van der Waals surface area contributed by atoms with E-state index in [1.165, 1.54) is 12.1 Å². The number of aromatic nitrogens is 2. The van der Waals surface area contributed by atoms with Gasteiger partial charge in [-0.25, -0.2) is 14.4 Å². The molecule has 24 heavy (non-hydrogen) atoms. The van der Waals surface area contributed by atoms with E-state index >= 15 is 0 Å². The van der Waals surface area contributed by atoms with Gasteiger partial charge in [-0.15, -0.1) is 0 Å². The highest BCUT2D eigenvalue weighted by molar-refractivity contribution is 5.37. The van der Waals surface area contributed by atoms with Crippen LogP contribution in [0.2, 0.25) is 0 Å². The van der Waals surface area contributed by atoms with Gasteiger partial charge in [-0.05, 0) is 31.0 Å². The number of likely N-dealkylation sites (tertiary alicyclic amines) is 1. The monoisotopic (exact) mass is 330 g/mol. The second kappa shape index (κ2) is 7.68. The first-order valence-corrected chi connectivity index (χ1v) is 8.22. The number of benzene rings is 1. The van der Waals surface area contributed by atoms with E-state index in [0.29, 0.717) is 12.6 Å². The average molecular weight is 330 g/mol. The summed E-state index contributed by atoms with van der Waals surface area (Å²) in [6.45, 7) is 5.10. The molecule has 0 aliphatic carbocycles. The highest BCUT2D eigenvalue weighted by Crippen LogP contribution is 2.34. The Morgan fingerprint density at radius 1 is 1.29 bits per heavy atom. The number of halogens is 1. The van der Waals surface area contributed by atoms with Crippen molar-refractivity contribution in [1.29, 1.82) is 0 Å². The van der Waals surface area contributed by atoms with Gasteiger partial charge in [-0.2, -0.15) is 0 Å². The summed E-state index contributed by atoms with van der Waals surface area (Å²) >= 11 is 0. The lowest BCUT2D eigenvalue weighted by atomic mass is 9.98. The molecule has 128 valence electrons. The van der Waals surface area contributed by atoms with Crippen LogP contribution in [0.3, 0.4) is 0 Å². The quantitative estimate of drug-likeness (QED) is 0.791. The van der Waals surface area contributed by atoms with Gasteiger partial charge in [0.15, 0.2) is 0 Å². The number of hydrogen-bond donors (Lipinski definition) is 1. The molecule has 6 heteroatoms. The molecule has 1 aliphatic rings. The molecule has 0 radical (unpaired) electrons. The van der Waals surface area contributed by atoms with Gasteiger partial charge in [0.05, 0.1) is 18.3 Å². The third kappa shape index (κ3) is 4.07. The maximum atomic E-state index is 13.0. The predicted molar refractivity (Wildman–Crippen MR) is 91.3 cm³/mol. The molecule has 1 fully saturated rings. The molecule has 1 atom stereocenters. The molecular formula is C18H23FN4O. The summed E-state index contributed by atoms with van der Waals surface area (Å²) in [7, 11) is 1.68. The second-order valence-electron chi connectivity index (χ2n) is 6.05. The van der Waals surface area contributed by atoms with Crippen molar-refractivity contribution in [2.45, 2.75) is 25.9 Å². The summed E-state index contributed by atoms with van der Waals surface area (Å²) in [5, 5.41) is 3.26. The maximum Gasteiger partial charge on any atom is 0.130 e. The van der Waals surface area contributed by atoms with E-state index in [1.807, 2.05) is 25.1 Å². The Hall–Kier alpha value is -2.05. The van der Waals surface area contributed by atoms with Gasteiger partial charge < -0.3 is 10.1 Å². The summed E-state index contributed by atoms with van der Waals surface area (Å²) in [5.41, 5.74) is 2.15. The molecule has 1 unspecified atom stereocenters. The summed E-state index contributed by atoms with van der Waals surface area (Å²) in [6, 6.07) is 9.01. The van der Waals surface area contributed by atoms with E-state index < -0.39 is 0 Å². The molecule has 0 saturated carbocycles. The molecule has 2 heterocycles. The molecule has 2 aromatic rings. The first-order chi connectivity index (χ1) is 11.7. The normalized spacial score (nSPS) is 17.5. The Labute approximate surface area is 141 Å². The lowest BCUT2D eigenvalue weighted by Crippen LogP contribution is -2.40. The van der Waals surface area contributed by atoms with Crippen molar-refractivity contribution in [2.24, 2.45) is 0 Å². The number of nitrogens with one attached hydrogen (secondary N) is 1. The largest absolute Gasteiger partial charge is 0.383 e. The molecule has 1 N–H and O–H groups in total. The summed E-state index contributed by atoms with van der Waals surface area (Å²) in [6.07, 6.45) is 1.08. The fourth-order valence-electron chi connectivity index (χ4n) is 2.92.